The highest BCUT2D eigenvalue weighted by atomic mass is 17.1. The van der Waals surface area contributed by atoms with Crippen LogP contribution in [0, 0.1) is 0 Å². The van der Waals surface area contributed by atoms with Gasteiger partial charge in [-0.2, -0.15) is 0 Å². The molecule has 1 fully saturated rings. The minimum atomic E-state index is -0.449. The van der Waals surface area contributed by atoms with E-state index in [2.05, 4.69) is 54.8 Å². The van der Waals surface area contributed by atoms with Crippen LogP contribution < -0.4 is 0 Å². The van der Waals surface area contributed by atoms with Gasteiger partial charge in [-0.3, -0.25) is 5.26 Å². The molecule has 138 valence electrons. The van der Waals surface area contributed by atoms with Gasteiger partial charge < -0.3 is 0 Å². The average molecular weight is 351 g/mol. The van der Waals surface area contributed by atoms with E-state index >= 15 is 0 Å². The van der Waals surface area contributed by atoms with E-state index in [-0.39, 0.29) is 0 Å². The Hall–Kier alpha value is -1.90. The Kier molecular flexibility index (Phi) is 6.65. The van der Waals surface area contributed by atoms with E-state index < -0.39 is 6.10 Å². The van der Waals surface area contributed by atoms with Crippen molar-refractivity contribution in [2.45, 2.75) is 63.4 Å². The fourth-order valence-electron chi connectivity index (χ4n) is 4.20. The van der Waals surface area contributed by atoms with Gasteiger partial charge in [0.15, 0.2) is 0 Å². The maximum absolute atomic E-state index is 8.91. The van der Waals surface area contributed by atoms with Crippen molar-refractivity contribution in [3.63, 3.8) is 0 Å². The van der Waals surface area contributed by atoms with Gasteiger partial charge in [0.2, 0.25) is 0 Å². The Morgan fingerprint density at radius 3 is 1.88 bits per heavy atom. The van der Waals surface area contributed by atoms with Gasteiger partial charge >= 0.3 is 0 Å². The molecular formula is C24H30O2. The molecule has 2 aromatic rings. The second-order valence-electron chi connectivity index (χ2n) is 7.47. The molecule has 1 aliphatic carbocycles. The first-order chi connectivity index (χ1) is 12.7. The minimum absolute atomic E-state index is 0.449. The van der Waals surface area contributed by atoms with Crippen LogP contribution in [0.5, 0.6) is 0 Å². The quantitative estimate of drug-likeness (QED) is 0.338. The molecule has 1 aliphatic rings. The van der Waals surface area contributed by atoms with Gasteiger partial charge in [0.05, 0.1) is 0 Å². The molecule has 0 aliphatic heterocycles. The summed E-state index contributed by atoms with van der Waals surface area (Å²) in [5.74, 6) is 1.34. The lowest BCUT2D eigenvalue weighted by atomic mass is 9.76. The molecule has 2 aromatic carbocycles. The second kappa shape index (κ2) is 9.16. The van der Waals surface area contributed by atoms with Crippen molar-refractivity contribution in [2.75, 3.05) is 0 Å². The summed E-state index contributed by atoms with van der Waals surface area (Å²) in [6.45, 7) is 5.92. The fourth-order valence-corrected chi connectivity index (χ4v) is 4.20. The van der Waals surface area contributed by atoms with E-state index in [0.717, 1.165) is 5.56 Å². The Morgan fingerprint density at radius 2 is 1.46 bits per heavy atom. The summed E-state index contributed by atoms with van der Waals surface area (Å²) in [6.07, 6.45) is 8.54. The van der Waals surface area contributed by atoms with Crippen molar-refractivity contribution < 1.29 is 10.1 Å². The van der Waals surface area contributed by atoms with Crippen molar-refractivity contribution in [1.29, 1.82) is 0 Å². The van der Waals surface area contributed by atoms with Gasteiger partial charge in [-0.05, 0) is 66.2 Å². The molecule has 0 aromatic heterocycles. The van der Waals surface area contributed by atoms with E-state index in [1.165, 1.54) is 55.2 Å². The van der Waals surface area contributed by atoms with E-state index in [4.69, 9.17) is 5.26 Å². The first kappa shape index (κ1) is 18.9. The zero-order valence-corrected chi connectivity index (χ0v) is 15.7. The summed E-state index contributed by atoms with van der Waals surface area (Å²) in [4.78, 5) is 4.44. The summed E-state index contributed by atoms with van der Waals surface area (Å²) in [6, 6.07) is 17.7. The third-order valence-corrected chi connectivity index (χ3v) is 5.78. The maximum atomic E-state index is 8.91. The van der Waals surface area contributed by atoms with Crippen LogP contribution in [0.3, 0.4) is 0 Å². The lowest BCUT2D eigenvalue weighted by Crippen LogP contribution is -2.12. The third-order valence-electron chi connectivity index (χ3n) is 5.78. The number of hydrogen-bond donors (Lipinski definition) is 1. The van der Waals surface area contributed by atoms with Crippen LogP contribution in [0.4, 0.5) is 0 Å². The first-order valence-electron chi connectivity index (χ1n) is 9.86. The van der Waals surface area contributed by atoms with E-state index in [0.29, 0.717) is 11.8 Å². The molecule has 0 saturated heterocycles. The summed E-state index contributed by atoms with van der Waals surface area (Å²) < 4.78 is 0. The predicted molar refractivity (Wildman–Crippen MR) is 107 cm³/mol. The van der Waals surface area contributed by atoms with Crippen LogP contribution >= 0.6 is 0 Å². The first-order valence-corrected chi connectivity index (χ1v) is 9.86. The topological polar surface area (TPSA) is 29.5 Å². The van der Waals surface area contributed by atoms with Crippen molar-refractivity contribution in [3.05, 3.63) is 83.4 Å². The smallest absolute Gasteiger partial charge is 0.136 e. The molecule has 1 unspecified atom stereocenters. The minimum Gasteiger partial charge on any atom is -0.251 e. The van der Waals surface area contributed by atoms with Crippen LogP contribution in [-0.2, 0) is 11.3 Å². The van der Waals surface area contributed by atoms with E-state index in [1.807, 2.05) is 12.1 Å². The Bertz CT molecular complexity index is 679. The van der Waals surface area contributed by atoms with Crippen LogP contribution in [0.2, 0.25) is 0 Å². The molecule has 1 atom stereocenters. The van der Waals surface area contributed by atoms with Crippen LogP contribution in [-0.4, -0.2) is 5.26 Å². The molecule has 0 radical (unpaired) electrons. The molecule has 3 rings (SSSR count). The third kappa shape index (κ3) is 4.44. The summed E-state index contributed by atoms with van der Waals surface area (Å²) in [7, 11) is 0. The van der Waals surface area contributed by atoms with Gasteiger partial charge in [-0.15, -0.1) is 6.58 Å². The highest BCUT2D eigenvalue weighted by Gasteiger charge is 2.23. The summed E-state index contributed by atoms with van der Waals surface area (Å²) in [5.41, 5.74) is 5.29. The summed E-state index contributed by atoms with van der Waals surface area (Å²) >= 11 is 0. The molecule has 0 heterocycles. The largest absolute Gasteiger partial charge is 0.251 e. The van der Waals surface area contributed by atoms with Gasteiger partial charge in [-0.25, -0.2) is 4.89 Å². The molecule has 1 N–H and O–H groups in total. The Balaban J connectivity index is 1.58. The lowest BCUT2D eigenvalue weighted by molar-refractivity contribution is -0.268. The van der Waals surface area contributed by atoms with Crippen LogP contribution in [0.25, 0.3) is 0 Å². The van der Waals surface area contributed by atoms with Crippen LogP contribution in [0.1, 0.15) is 79.2 Å². The normalized spacial score (nSPS) is 21.3. The molecular weight excluding hydrogens is 320 g/mol. The standard InChI is InChI=1S/C24H30O2/c1-3-5-18-6-8-19(9-7-18)20-10-12-21(13-11-20)22-14-16-23(17-15-22)24(4-2)26-25/h4,6-9,14-17,20-21,24-25H,2-3,5,10-13H2,1H3. The van der Waals surface area contributed by atoms with Crippen molar-refractivity contribution in [3.8, 4) is 0 Å². The number of rotatable bonds is 7. The van der Waals surface area contributed by atoms with E-state index in [1.54, 1.807) is 6.08 Å². The van der Waals surface area contributed by atoms with Gasteiger partial charge in [0.1, 0.15) is 6.10 Å². The van der Waals surface area contributed by atoms with Crippen molar-refractivity contribution in [1.82, 2.24) is 0 Å². The van der Waals surface area contributed by atoms with Crippen LogP contribution in [0.15, 0.2) is 61.2 Å². The van der Waals surface area contributed by atoms with Crippen molar-refractivity contribution in [2.24, 2.45) is 0 Å². The lowest BCUT2D eigenvalue weighted by Gasteiger charge is -2.29. The predicted octanol–water partition coefficient (Wildman–Crippen LogP) is 6.80. The molecule has 26 heavy (non-hydrogen) atoms. The van der Waals surface area contributed by atoms with Gasteiger partial charge in [0.25, 0.3) is 0 Å². The van der Waals surface area contributed by atoms with E-state index in [9.17, 15) is 0 Å². The molecule has 2 heteroatoms. The molecule has 1 saturated carbocycles. The molecule has 0 bridgehead atoms. The number of aryl methyl sites for hydroxylation is 1. The monoisotopic (exact) mass is 350 g/mol. The zero-order chi connectivity index (χ0) is 18.4. The highest BCUT2D eigenvalue weighted by Crippen LogP contribution is 2.40. The molecule has 2 nitrogen and oxygen atoms in total. The maximum Gasteiger partial charge on any atom is 0.136 e. The zero-order valence-electron chi connectivity index (χ0n) is 15.7. The fraction of sp³-hybridized carbons (Fsp3) is 0.417. The molecule has 0 amide bonds. The molecule has 0 spiro atoms. The van der Waals surface area contributed by atoms with Gasteiger partial charge in [0, 0.05) is 0 Å². The Morgan fingerprint density at radius 1 is 0.962 bits per heavy atom. The number of hydrogen-bond acceptors (Lipinski definition) is 2. The highest BCUT2D eigenvalue weighted by molar-refractivity contribution is 5.30. The summed E-state index contributed by atoms with van der Waals surface area (Å²) in [5, 5.41) is 8.91. The second-order valence-corrected chi connectivity index (χ2v) is 7.47. The van der Waals surface area contributed by atoms with Gasteiger partial charge in [-0.1, -0.05) is 68.0 Å². The average Bonchev–Trinajstić information content (AvgIpc) is 2.71. The van der Waals surface area contributed by atoms with Crippen molar-refractivity contribution >= 4 is 0 Å². The number of benzene rings is 2. The SMILES string of the molecule is C=CC(OO)c1ccc(C2CCC(c3ccc(CCC)cc3)CC2)cc1. The Labute approximate surface area is 157 Å².